The lowest BCUT2D eigenvalue weighted by atomic mass is 9.79. The Kier molecular flexibility index (Phi) is 4.88. The zero-order chi connectivity index (χ0) is 14.7. The summed E-state index contributed by atoms with van der Waals surface area (Å²) in [7, 11) is -1.83. The molecular formula is C13H10BCl2FO3. The van der Waals surface area contributed by atoms with Crippen molar-refractivity contribution in [3.8, 4) is 5.75 Å². The molecule has 104 valence electrons. The normalized spacial score (nSPS) is 10.4. The van der Waals surface area contributed by atoms with Crippen molar-refractivity contribution in [2.75, 3.05) is 0 Å². The molecule has 0 aliphatic rings. The van der Waals surface area contributed by atoms with E-state index in [1.807, 2.05) is 0 Å². The van der Waals surface area contributed by atoms with Gasteiger partial charge in [-0.05, 0) is 30.3 Å². The van der Waals surface area contributed by atoms with Crippen molar-refractivity contribution in [3.05, 3.63) is 57.8 Å². The molecule has 0 aliphatic heterocycles. The van der Waals surface area contributed by atoms with E-state index in [1.165, 1.54) is 6.07 Å². The molecule has 0 saturated heterocycles. The molecule has 0 atom stereocenters. The van der Waals surface area contributed by atoms with Gasteiger partial charge in [-0.15, -0.1) is 0 Å². The summed E-state index contributed by atoms with van der Waals surface area (Å²) in [5.74, 6) is -0.436. The van der Waals surface area contributed by atoms with Gasteiger partial charge in [0.2, 0.25) is 0 Å². The lowest BCUT2D eigenvalue weighted by Crippen LogP contribution is -2.31. The summed E-state index contributed by atoms with van der Waals surface area (Å²) >= 11 is 12.0. The van der Waals surface area contributed by atoms with Crippen LogP contribution in [0.2, 0.25) is 10.0 Å². The second-order valence-electron chi connectivity index (χ2n) is 4.04. The smallest absolute Gasteiger partial charge is 0.489 e. The maximum absolute atomic E-state index is 13.1. The molecular weight excluding hydrogens is 305 g/mol. The molecule has 2 rings (SSSR count). The minimum atomic E-state index is -1.83. The second-order valence-corrected chi connectivity index (χ2v) is 4.86. The molecule has 0 bridgehead atoms. The average molecular weight is 315 g/mol. The third-order valence-corrected chi connectivity index (χ3v) is 3.39. The minimum absolute atomic E-state index is 0.0316. The van der Waals surface area contributed by atoms with Gasteiger partial charge in [0.15, 0.2) is 0 Å². The van der Waals surface area contributed by atoms with E-state index in [0.717, 1.165) is 12.1 Å². The van der Waals surface area contributed by atoms with Crippen LogP contribution in [0.25, 0.3) is 0 Å². The van der Waals surface area contributed by atoms with Crippen LogP contribution in [0.4, 0.5) is 4.39 Å². The molecule has 2 N–H and O–H groups in total. The van der Waals surface area contributed by atoms with Gasteiger partial charge in [0.1, 0.15) is 18.2 Å². The highest BCUT2D eigenvalue weighted by Crippen LogP contribution is 2.25. The van der Waals surface area contributed by atoms with Gasteiger partial charge in [-0.1, -0.05) is 29.3 Å². The molecule has 2 aromatic carbocycles. The van der Waals surface area contributed by atoms with Gasteiger partial charge in [0.25, 0.3) is 0 Å². The second kappa shape index (κ2) is 6.46. The minimum Gasteiger partial charge on any atom is -0.489 e. The van der Waals surface area contributed by atoms with Crippen LogP contribution < -0.4 is 10.2 Å². The number of halogens is 3. The number of ether oxygens (including phenoxy) is 1. The summed E-state index contributed by atoms with van der Waals surface area (Å²) in [4.78, 5) is 0. The van der Waals surface area contributed by atoms with Gasteiger partial charge in [0.05, 0.1) is 0 Å². The zero-order valence-corrected chi connectivity index (χ0v) is 11.7. The van der Waals surface area contributed by atoms with E-state index < -0.39 is 12.9 Å². The largest absolute Gasteiger partial charge is 0.492 e. The first-order valence-electron chi connectivity index (χ1n) is 5.70. The van der Waals surface area contributed by atoms with Gasteiger partial charge < -0.3 is 14.8 Å². The lowest BCUT2D eigenvalue weighted by molar-refractivity contribution is 0.306. The van der Waals surface area contributed by atoms with Gasteiger partial charge in [-0.2, -0.15) is 0 Å². The molecule has 0 heterocycles. The fourth-order valence-corrected chi connectivity index (χ4v) is 2.18. The first-order valence-corrected chi connectivity index (χ1v) is 6.46. The van der Waals surface area contributed by atoms with Crippen molar-refractivity contribution >= 4 is 35.8 Å². The van der Waals surface area contributed by atoms with Gasteiger partial charge in [-0.25, -0.2) is 4.39 Å². The van der Waals surface area contributed by atoms with E-state index in [2.05, 4.69) is 0 Å². The Bertz CT molecular complexity index is 602. The van der Waals surface area contributed by atoms with Gasteiger partial charge in [-0.3, -0.25) is 0 Å². The predicted octanol–water partition coefficient (Wildman–Crippen LogP) is 2.39. The summed E-state index contributed by atoms with van der Waals surface area (Å²) in [5, 5.41) is 19.3. The Morgan fingerprint density at radius 1 is 1.10 bits per heavy atom. The van der Waals surface area contributed by atoms with Crippen LogP contribution in [0.5, 0.6) is 5.75 Å². The third kappa shape index (κ3) is 3.43. The van der Waals surface area contributed by atoms with Crippen molar-refractivity contribution in [2.45, 2.75) is 6.61 Å². The first kappa shape index (κ1) is 15.1. The average Bonchev–Trinajstić information content (AvgIpc) is 2.39. The van der Waals surface area contributed by atoms with Crippen LogP contribution in [0.1, 0.15) is 5.56 Å². The highest BCUT2D eigenvalue weighted by atomic mass is 35.5. The molecule has 0 aliphatic carbocycles. The zero-order valence-electron chi connectivity index (χ0n) is 10.2. The Labute approximate surface area is 125 Å². The summed E-state index contributed by atoms with van der Waals surface area (Å²) in [6, 6.07) is 8.50. The fourth-order valence-electron chi connectivity index (χ4n) is 1.67. The fraction of sp³-hybridized carbons (Fsp3) is 0.0769. The molecule has 0 saturated carbocycles. The summed E-state index contributed by atoms with van der Waals surface area (Å²) in [6.07, 6.45) is 0. The molecule has 7 heteroatoms. The Morgan fingerprint density at radius 2 is 1.75 bits per heavy atom. The molecule has 0 spiro atoms. The third-order valence-electron chi connectivity index (χ3n) is 2.68. The number of benzene rings is 2. The van der Waals surface area contributed by atoms with E-state index in [0.29, 0.717) is 15.6 Å². The Morgan fingerprint density at radius 3 is 2.35 bits per heavy atom. The van der Waals surface area contributed by atoms with Crippen molar-refractivity contribution in [2.24, 2.45) is 0 Å². The monoisotopic (exact) mass is 314 g/mol. The molecule has 2 aromatic rings. The number of hydrogen-bond acceptors (Lipinski definition) is 3. The van der Waals surface area contributed by atoms with Crippen LogP contribution in [0.3, 0.4) is 0 Å². The molecule has 0 aromatic heterocycles. The summed E-state index contributed by atoms with van der Waals surface area (Å²) in [5.41, 5.74) is 0.506. The van der Waals surface area contributed by atoms with Crippen molar-refractivity contribution in [1.82, 2.24) is 0 Å². The molecule has 0 radical (unpaired) electrons. The molecule has 20 heavy (non-hydrogen) atoms. The number of rotatable bonds is 4. The predicted molar refractivity (Wildman–Crippen MR) is 77.0 cm³/mol. The topological polar surface area (TPSA) is 49.7 Å². The van der Waals surface area contributed by atoms with Crippen LogP contribution in [-0.2, 0) is 6.61 Å². The maximum Gasteiger partial charge on any atom is 0.492 e. The summed E-state index contributed by atoms with van der Waals surface area (Å²) < 4.78 is 18.5. The van der Waals surface area contributed by atoms with Crippen LogP contribution in [0, 0.1) is 5.82 Å². The molecule has 0 amide bonds. The van der Waals surface area contributed by atoms with E-state index in [4.69, 9.17) is 27.9 Å². The highest BCUT2D eigenvalue weighted by molar-refractivity contribution is 6.59. The van der Waals surface area contributed by atoms with E-state index >= 15 is 0 Å². The van der Waals surface area contributed by atoms with Crippen LogP contribution in [0.15, 0.2) is 36.4 Å². The van der Waals surface area contributed by atoms with E-state index in [9.17, 15) is 14.4 Å². The van der Waals surface area contributed by atoms with Crippen molar-refractivity contribution in [3.63, 3.8) is 0 Å². The maximum atomic E-state index is 13.1. The quantitative estimate of drug-likeness (QED) is 0.852. The molecule has 3 nitrogen and oxygen atoms in total. The summed E-state index contributed by atoms with van der Waals surface area (Å²) in [6.45, 7) is 0.0316. The molecule has 0 unspecified atom stereocenters. The lowest BCUT2D eigenvalue weighted by Gasteiger charge is -2.13. The van der Waals surface area contributed by atoms with Crippen LogP contribution >= 0.6 is 23.2 Å². The van der Waals surface area contributed by atoms with E-state index in [1.54, 1.807) is 18.2 Å². The van der Waals surface area contributed by atoms with Gasteiger partial charge in [0, 0.05) is 21.1 Å². The van der Waals surface area contributed by atoms with Crippen molar-refractivity contribution < 1.29 is 19.2 Å². The van der Waals surface area contributed by atoms with E-state index in [-0.39, 0.29) is 17.8 Å². The first-order chi connectivity index (χ1) is 9.49. The number of hydrogen-bond donors (Lipinski definition) is 2. The Balaban J connectivity index is 2.23. The Hall–Kier alpha value is -1.27. The van der Waals surface area contributed by atoms with Gasteiger partial charge >= 0.3 is 7.12 Å². The SMILES string of the molecule is OB(O)c1cc(F)ccc1OCc1c(Cl)cccc1Cl. The van der Waals surface area contributed by atoms with Crippen LogP contribution in [-0.4, -0.2) is 17.2 Å². The highest BCUT2D eigenvalue weighted by Gasteiger charge is 2.18. The molecule has 0 fully saturated rings. The standard InChI is InChI=1S/C13H10BCl2FO3/c15-11-2-1-3-12(16)9(11)7-20-13-5-4-8(17)6-10(13)14(18)19/h1-6,18-19H,7H2. The van der Waals surface area contributed by atoms with Crippen molar-refractivity contribution in [1.29, 1.82) is 0 Å².